The quantitative estimate of drug-likeness (QED) is 0.0195. The summed E-state index contributed by atoms with van der Waals surface area (Å²) in [4.78, 5) is 37.6. The zero-order valence-corrected chi connectivity index (χ0v) is 61.9. The minimum Gasteiger partial charge on any atom is -0.545 e. The fraction of sp³-hybridized carbons (Fsp3) is 0.798. The molecular weight excluding hydrogens is 1150 g/mol. The highest BCUT2D eigenvalue weighted by molar-refractivity contribution is 5.70. The lowest BCUT2D eigenvalue weighted by Gasteiger charge is -2.26. The van der Waals surface area contributed by atoms with E-state index in [9.17, 15) is 19.5 Å². The van der Waals surface area contributed by atoms with E-state index < -0.39 is 24.3 Å². The van der Waals surface area contributed by atoms with E-state index in [1.807, 2.05) is 21.1 Å². The first-order chi connectivity index (χ1) is 45.6. The van der Waals surface area contributed by atoms with E-state index in [0.717, 1.165) is 83.5 Å². The highest BCUT2D eigenvalue weighted by Crippen LogP contribution is 2.19. The Bertz CT molecular complexity index is 1810. The lowest BCUT2D eigenvalue weighted by Crippen LogP contribution is -2.44. The molecule has 0 saturated carbocycles. The Morgan fingerprint density at radius 1 is 0.333 bits per heavy atom. The molecule has 9 heteroatoms. The van der Waals surface area contributed by atoms with Crippen LogP contribution in [0.1, 0.15) is 373 Å². The lowest BCUT2D eigenvalue weighted by molar-refractivity contribution is -0.870. The molecular formula is C84H151NO8. The molecule has 2 unspecified atom stereocenters. The predicted octanol–water partition coefficient (Wildman–Crippen LogP) is 24.0. The number of ether oxygens (including phenoxy) is 4. The van der Waals surface area contributed by atoms with E-state index in [-0.39, 0.29) is 32.2 Å². The summed E-state index contributed by atoms with van der Waals surface area (Å²) in [7, 11) is 5.94. The van der Waals surface area contributed by atoms with Crippen molar-refractivity contribution in [1.82, 2.24) is 0 Å². The second-order valence-electron chi connectivity index (χ2n) is 28.0. The van der Waals surface area contributed by atoms with Crippen molar-refractivity contribution in [3.05, 3.63) is 85.1 Å². The van der Waals surface area contributed by atoms with E-state index in [1.165, 1.54) is 257 Å². The molecule has 9 nitrogen and oxygen atoms in total. The van der Waals surface area contributed by atoms with Crippen LogP contribution in [0.3, 0.4) is 0 Å². The van der Waals surface area contributed by atoms with Gasteiger partial charge in [-0.25, -0.2) is 0 Å². The minimum absolute atomic E-state index is 0.144. The second-order valence-corrected chi connectivity index (χ2v) is 28.0. The molecule has 0 heterocycles. The maximum Gasteiger partial charge on any atom is 0.306 e. The highest BCUT2D eigenvalue weighted by Gasteiger charge is 2.22. The minimum atomic E-state index is -1.63. The smallest absolute Gasteiger partial charge is 0.306 e. The summed E-state index contributed by atoms with van der Waals surface area (Å²) in [5.41, 5.74) is 0. The Morgan fingerprint density at radius 2 is 0.613 bits per heavy atom. The van der Waals surface area contributed by atoms with Gasteiger partial charge in [0.2, 0.25) is 0 Å². The topological polar surface area (TPSA) is 111 Å². The van der Waals surface area contributed by atoms with Gasteiger partial charge in [-0.15, -0.1) is 0 Å². The molecule has 0 aliphatic heterocycles. The molecule has 0 radical (unpaired) electrons. The average Bonchev–Trinajstić information content (AvgIpc) is 3.38. The Morgan fingerprint density at radius 3 is 0.925 bits per heavy atom. The highest BCUT2D eigenvalue weighted by atomic mass is 16.7. The van der Waals surface area contributed by atoms with Gasteiger partial charge < -0.3 is 33.3 Å². The predicted molar refractivity (Wildman–Crippen MR) is 398 cm³/mol. The monoisotopic (exact) mass is 1300 g/mol. The van der Waals surface area contributed by atoms with Crippen LogP contribution in [0.25, 0.3) is 0 Å². The standard InChI is InChI=1S/C84H151NO8/c1-6-8-10-12-14-16-18-20-22-24-26-28-30-32-34-35-36-37-38-39-40-41-42-43-44-45-46-47-49-50-52-54-56-58-60-62-64-66-68-70-72-74-81(86)91-78-80(79-92-84(83(88)89)90-77-76-85(3,4)5)93-82(87)75-73-71-69-67-65-63-61-59-57-55-53-51-48-33-31-29-27-25-23-21-19-17-15-13-11-9-7-2/h9,11,15,17,21,23-24,26-27,29,33,48,53,55,80,84H,6-8,10,12-14,16,18-20,22,25,28,30-32,34-47,49-52,54,56-79H2,1-5H3/b11-9-,17-15-,23-21-,26-24-,29-27-,48-33-,55-53-. The molecule has 0 bridgehead atoms. The third kappa shape index (κ3) is 75.7. The van der Waals surface area contributed by atoms with Crippen molar-refractivity contribution in [2.45, 2.75) is 386 Å². The molecule has 0 rings (SSSR count). The summed E-state index contributed by atoms with van der Waals surface area (Å²) in [5, 5.41) is 11.8. The number of nitrogens with zero attached hydrogens (tertiary/aromatic N) is 1. The van der Waals surface area contributed by atoms with Gasteiger partial charge in [-0.3, -0.25) is 9.59 Å². The molecule has 0 aromatic carbocycles. The third-order valence-electron chi connectivity index (χ3n) is 17.6. The number of rotatable bonds is 74. The van der Waals surface area contributed by atoms with Crippen LogP contribution < -0.4 is 5.11 Å². The number of unbranched alkanes of at least 4 members (excludes halogenated alkanes) is 45. The number of carbonyl (C=O) groups excluding carboxylic acids is 3. The molecule has 0 spiro atoms. The SMILES string of the molecule is CC/C=C\C/C=C\C/C=C\C/C=C\C/C=C\C/C=C\CCCCCCCCCCC(=O)OC(COC(=O)CCCCCCCCCCCCCCCCCCCCCCCCCCCCCCC/C=C\CCCCCCCCCC)COC(OCC[N+](C)(C)C)C(=O)[O-]. The van der Waals surface area contributed by atoms with E-state index in [0.29, 0.717) is 23.9 Å². The first-order valence-corrected chi connectivity index (χ1v) is 39.7. The lowest BCUT2D eigenvalue weighted by atomic mass is 10.0. The van der Waals surface area contributed by atoms with Crippen LogP contribution in [0.5, 0.6) is 0 Å². The van der Waals surface area contributed by atoms with Gasteiger partial charge >= 0.3 is 11.9 Å². The Balaban J connectivity index is 3.97. The van der Waals surface area contributed by atoms with Gasteiger partial charge in [0, 0.05) is 12.8 Å². The van der Waals surface area contributed by atoms with E-state index in [4.69, 9.17) is 18.9 Å². The number of carboxylic acids is 1. The molecule has 0 fully saturated rings. The Labute approximate surface area is 576 Å². The molecule has 0 aliphatic carbocycles. The van der Waals surface area contributed by atoms with Gasteiger partial charge in [0.25, 0.3) is 0 Å². The first kappa shape index (κ1) is 89.5. The number of allylic oxidation sites excluding steroid dienone is 14. The summed E-state index contributed by atoms with van der Waals surface area (Å²) in [6, 6.07) is 0. The average molecular weight is 1300 g/mol. The van der Waals surface area contributed by atoms with Gasteiger partial charge in [0.15, 0.2) is 12.4 Å². The summed E-state index contributed by atoms with van der Waals surface area (Å²) in [5.74, 6) is -2.28. The summed E-state index contributed by atoms with van der Waals surface area (Å²) < 4.78 is 22.8. The normalized spacial score (nSPS) is 13.1. The van der Waals surface area contributed by atoms with Gasteiger partial charge in [-0.2, -0.15) is 0 Å². The van der Waals surface area contributed by atoms with Gasteiger partial charge in [0.05, 0.1) is 40.3 Å². The van der Waals surface area contributed by atoms with Crippen molar-refractivity contribution in [2.75, 3.05) is 47.5 Å². The zero-order valence-electron chi connectivity index (χ0n) is 61.9. The van der Waals surface area contributed by atoms with Crippen molar-refractivity contribution >= 4 is 17.9 Å². The van der Waals surface area contributed by atoms with Crippen molar-refractivity contribution in [3.63, 3.8) is 0 Å². The summed E-state index contributed by atoms with van der Waals surface area (Å²) in [6.07, 6.45) is 98.6. The Kier molecular flexibility index (Phi) is 71.4. The molecule has 93 heavy (non-hydrogen) atoms. The van der Waals surface area contributed by atoms with E-state index >= 15 is 0 Å². The molecule has 0 saturated heterocycles. The third-order valence-corrected chi connectivity index (χ3v) is 17.6. The largest absolute Gasteiger partial charge is 0.545 e. The zero-order chi connectivity index (χ0) is 67.5. The van der Waals surface area contributed by atoms with Gasteiger partial charge in [-0.1, -0.05) is 356 Å². The van der Waals surface area contributed by atoms with Crippen LogP contribution in [0.4, 0.5) is 0 Å². The van der Waals surface area contributed by atoms with Crippen molar-refractivity contribution in [2.24, 2.45) is 0 Å². The summed E-state index contributed by atoms with van der Waals surface area (Å²) >= 11 is 0. The van der Waals surface area contributed by atoms with Gasteiger partial charge in [-0.05, 0) is 89.9 Å². The number of aliphatic carboxylic acids is 1. The number of likely N-dealkylation sites (N-methyl/N-ethyl adjacent to an activating group) is 1. The van der Waals surface area contributed by atoms with Crippen LogP contribution in [-0.2, 0) is 33.3 Å². The fourth-order valence-electron chi connectivity index (χ4n) is 11.6. The van der Waals surface area contributed by atoms with Crippen molar-refractivity contribution in [1.29, 1.82) is 0 Å². The molecule has 2 atom stereocenters. The number of hydrogen-bond donors (Lipinski definition) is 0. The fourth-order valence-corrected chi connectivity index (χ4v) is 11.6. The van der Waals surface area contributed by atoms with E-state index in [2.05, 4.69) is 98.9 Å². The number of quaternary nitrogens is 1. The molecule has 0 aromatic heterocycles. The number of carbonyl (C=O) groups is 3. The second kappa shape index (κ2) is 74.3. The van der Waals surface area contributed by atoms with Crippen LogP contribution >= 0.6 is 0 Å². The Hall–Kier alpha value is -3.53. The van der Waals surface area contributed by atoms with Crippen molar-refractivity contribution in [3.8, 4) is 0 Å². The molecule has 540 valence electrons. The van der Waals surface area contributed by atoms with Crippen molar-refractivity contribution < 1.29 is 42.9 Å². The maximum absolute atomic E-state index is 12.9. The van der Waals surface area contributed by atoms with Gasteiger partial charge in [0.1, 0.15) is 13.2 Å². The van der Waals surface area contributed by atoms with Crippen LogP contribution in [0.2, 0.25) is 0 Å². The number of esters is 2. The molecule has 0 aliphatic rings. The van der Waals surface area contributed by atoms with Crippen LogP contribution in [0, 0.1) is 0 Å². The van der Waals surface area contributed by atoms with Crippen LogP contribution in [-0.4, -0.2) is 82.3 Å². The molecule has 0 N–H and O–H groups in total. The number of carboxylic acid groups (broad SMARTS) is 1. The first-order valence-electron chi connectivity index (χ1n) is 39.7. The molecule has 0 aromatic rings. The maximum atomic E-state index is 12.9. The van der Waals surface area contributed by atoms with Crippen LogP contribution in [0.15, 0.2) is 85.1 Å². The van der Waals surface area contributed by atoms with E-state index in [1.54, 1.807) is 0 Å². The summed E-state index contributed by atoms with van der Waals surface area (Å²) in [6.45, 7) is 4.67. The number of hydrogen-bond acceptors (Lipinski definition) is 8. The molecule has 0 amide bonds.